The minimum atomic E-state index is -0.596. The van der Waals surface area contributed by atoms with Crippen LogP contribution >= 0.6 is 0 Å². The number of benzene rings is 2. The minimum Gasteiger partial charge on any atom is -0.497 e. The van der Waals surface area contributed by atoms with Gasteiger partial charge in [0.05, 0.1) is 24.4 Å². The molecule has 1 unspecified atom stereocenters. The number of piperidine rings is 3. The summed E-state index contributed by atoms with van der Waals surface area (Å²) in [5.74, 6) is 1.94. The molecular formula is C28H31FN2O2. The molecule has 0 aliphatic carbocycles. The summed E-state index contributed by atoms with van der Waals surface area (Å²) in [5, 5.41) is 12.6. The second-order valence-electron chi connectivity index (χ2n) is 9.36. The number of fused-ring (bicyclic) bond motifs is 4. The molecule has 3 aliphatic rings. The van der Waals surface area contributed by atoms with Crippen molar-refractivity contribution in [3.63, 3.8) is 0 Å². The van der Waals surface area contributed by atoms with Crippen molar-refractivity contribution >= 4 is 23.1 Å². The predicted molar refractivity (Wildman–Crippen MR) is 130 cm³/mol. The van der Waals surface area contributed by atoms with Gasteiger partial charge in [0.15, 0.2) is 0 Å². The molecule has 3 fully saturated rings. The lowest BCUT2D eigenvalue weighted by molar-refractivity contribution is -0.0562. The van der Waals surface area contributed by atoms with E-state index in [0.29, 0.717) is 5.92 Å². The van der Waals surface area contributed by atoms with Gasteiger partial charge < -0.3 is 9.84 Å². The number of rotatable bonds is 6. The third-order valence-corrected chi connectivity index (χ3v) is 7.53. The van der Waals surface area contributed by atoms with E-state index in [1.807, 2.05) is 36.4 Å². The number of hydrogen-bond donors (Lipinski definition) is 1. The number of aliphatic hydroxyl groups is 1. The number of aliphatic hydroxyl groups excluding tert-OH is 1. The standard InChI is InChI=1S/C28H31FN2O2/c1-3-19-17-31-13-12-20(19)14-27(31)28(32)25-15-22(9-6-18-4-7-21(29)8-5-18)30-26-11-10-23(33-2)16-24(25)26/h4-11,15-16,19-20,27-28,32H,3,12-14,17H2,1-2H3/b9-6+/t19-,20-,27-,28+/m0/s1. The van der Waals surface area contributed by atoms with Gasteiger partial charge in [-0.2, -0.15) is 0 Å². The molecule has 0 amide bonds. The van der Waals surface area contributed by atoms with Crippen LogP contribution in [0.15, 0.2) is 48.5 Å². The smallest absolute Gasteiger partial charge is 0.123 e. The molecule has 1 aromatic heterocycles. The Morgan fingerprint density at radius 2 is 2.00 bits per heavy atom. The van der Waals surface area contributed by atoms with Crippen LogP contribution in [0.25, 0.3) is 23.1 Å². The zero-order chi connectivity index (χ0) is 22.9. The zero-order valence-corrected chi connectivity index (χ0v) is 19.2. The van der Waals surface area contributed by atoms with Crippen molar-refractivity contribution in [1.29, 1.82) is 0 Å². The third-order valence-electron chi connectivity index (χ3n) is 7.53. The van der Waals surface area contributed by atoms with E-state index in [1.165, 1.54) is 25.0 Å². The maximum atomic E-state index is 13.2. The Kier molecular flexibility index (Phi) is 6.17. The Morgan fingerprint density at radius 1 is 1.18 bits per heavy atom. The minimum absolute atomic E-state index is 0.122. The maximum Gasteiger partial charge on any atom is 0.123 e. The summed E-state index contributed by atoms with van der Waals surface area (Å²) in [4.78, 5) is 7.29. The summed E-state index contributed by atoms with van der Waals surface area (Å²) in [6, 6.07) is 14.3. The van der Waals surface area contributed by atoms with E-state index in [2.05, 4.69) is 11.8 Å². The molecule has 33 heavy (non-hydrogen) atoms. The Hall–Kier alpha value is -2.76. The number of nitrogens with zero attached hydrogens (tertiary/aromatic N) is 2. The van der Waals surface area contributed by atoms with Crippen LogP contribution in [0, 0.1) is 17.7 Å². The summed E-state index contributed by atoms with van der Waals surface area (Å²) in [5.41, 5.74) is 3.39. The average Bonchev–Trinajstić information content (AvgIpc) is 2.87. The van der Waals surface area contributed by atoms with Gasteiger partial charge in [-0.1, -0.05) is 31.6 Å². The fourth-order valence-electron chi connectivity index (χ4n) is 5.64. The Labute approximate surface area is 194 Å². The molecule has 3 aromatic rings. The van der Waals surface area contributed by atoms with Crippen molar-refractivity contribution in [2.24, 2.45) is 11.8 Å². The first-order valence-electron chi connectivity index (χ1n) is 11.9. The highest BCUT2D eigenvalue weighted by Gasteiger charge is 2.42. The summed E-state index contributed by atoms with van der Waals surface area (Å²) < 4.78 is 18.7. The molecule has 4 heterocycles. The lowest BCUT2D eigenvalue weighted by Crippen LogP contribution is -2.55. The molecule has 0 saturated carbocycles. The lowest BCUT2D eigenvalue weighted by atomic mass is 9.72. The van der Waals surface area contributed by atoms with E-state index < -0.39 is 6.10 Å². The first-order valence-corrected chi connectivity index (χ1v) is 11.9. The molecule has 3 saturated heterocycles. The maximum absolute atomic E-state index is 13.2. The monoisotopic (exact) mass is 446 g/mol. The summed E-state index contributed by atoms with van der Waals surface area (Å²) in [7, 11) is 1.65. The third kappa shape index (κ3) is 4.40. The molecule has 6 rings (SSSR count). The van der Waals surface area contributed by atoms with Gasteiger partial charge in [-0.25, -0.2) is 9.37 Å². The summed E-state index contributed by atoms with van der Waals surface area (Å²) >= 11 is 0. The molecular weight excluding hydrogens is 415 g/mol. The van der Waals surface area contributed by atoms with Gasteiger partial charge in [-0.05, 0) is 84.8 Å². The van der Waals surface area contributed by atoms with E-state index in [1.54, 1.807) is 19.2 Å². The van der Waals surface area contributed by atoms with Gasteiger partial charge in [0.25, 0.3) is 0 Å². The van der Waals surface area contributed by atoms with Crippen molar-refractivity contribution in [3.8, 4) is 5.75 Å². The van der Waals surface area contributed by atoms with Gasteiger partial charge in [-0.15, -0.1) is 0 Å². The van der Waals surface area contributed by atoms with Crippen LogP contribution in [0.3, 0.4) is 0 Å². The van der Waals surface area contributed by atoms with Crippen molar-refractivity contribution < 1.29 is 14.2 Å². The fraction of sp³-hybridized carbons (Fsp3) is 0.393. The molecule has 4 nitrogen and oxygen atoms in total. The van der Waals surface area contributed by atoms with E-state index in [4.69, 9.17) is 9.72 Å². The van der Waals surface area contributed by atoms with Crippen molar-refractivity contribution in [3.05, 3.63) is 71.2 Å². The van der Waals surface area contributed by atoms with Crippen molar-refractivity contribution in [2.75, 3.05) is 20.2 Å². The van der Waals surface area contributed by atoms with Gasteiger partial charge in [0.1, 0.15) is 11.6 Å². The van der Waals surface area contributed by atoms with E-state index in [9.17, 15) is 9.50 Å². The average molecular weight is 447 g/mol. The van der Waals surface area contributed by atoms with Crippen LogP contribution in [0.4, 0.5) is 4.39 Å². The molecule has 3 aliphatic heterocycles. The highest BCUT2D eigenvalue weighted by molar-refractivity contribution is 5.86. The van der Waals surface area contributed by atoms with Gasteiger partial charge in [0.2, 0.25) is 0 Å². The first kappa shape index (κ1) is 22.1. The summed E-state index contributed by atoms with van der Waals surface area (Å²) in [6.45, 7) is 4.42. The van der Waals surface area contributed by atoms with E-state index in [-0.39, 0.29) is 11.9 Å². The Bertz CT molecular complexity index is 1160. The Morgan fingerprint density at radius 3 is 2.70 bits per heavy atom. The SMILES string of the molecule is CC[C@H]1CN2CC[C@H]1C[C@H]2[C@H](O)c1cc(/C=C/c2ccc(F)cc2)nc2ccc(OC)cc12. The molecule has 0 radical (unpaired) electrons. The van der Waals surface area contributed by atoms with Gasteiger partial charge in [-0.3, -0.25) is 4.90 Å². The van der Waals surface area contributed by atoms with Crippen LogP contribution in [-0.4, -0.2) is 41.2 Å². The fourth-order valence-corrected chi connectivity index (χ4v) is 5.64. The van der Waals surface area contributed by atoms with Gasteiger partial charge >= 0.3 is 0 Å². The molecule has 5 heteroatoms. The topological polar surface area (TPSA) is 45.6 Å². The van der Waals surface area contributed by atoms with E-state index in [0.717, 1.165) is 58.9 Å². The van der Waals surface area contributed by atoms with Crippen LogP contribution in [-0.2, 0) is 0 Å². The van der Waals surface area contributed by atoms with Crippen LogP contribution in [0.1, 0.15) is 49.1 Å². The second-order valence-corrected chi connectivity index (χ2v) is 9.36. The number of hydrogen-bond acceptors (Lipinski definition) is 4. The molecule has 5 atom stereocenters. The predicted octanol–water partition coefficient (Wildman–Crippen LogP) is 5.71. The lowest BCUT2D eigenvalue weighted by Gasteiger charge is -2.51. The number of halogens is 1. The van der Waals surface area contributed by atoms with Crippen LogP contribution in [0.2, 0.25) is 0 Å². The number of pyridine rings is 1. The van der Waals surface area contributed by atoms with Crippen LogP contribution in [0.5, 0.6) is 5.75 Å². The van der Waals surface area contributed by atoms with Crippen LogP contribution < -0.4 is 4.74 Å². The van der Waals surface area contributed by atoms with Crippen molar-refractivity contribution in [1.82, 2.24) is 9.88 Å². The van der Waals surface area contributed by atoms with E-state index >= 15 is 0 Å². The Balaban J connectivity index is 1.52. The largest absolute Gasteiger partial charge is 0.497 e. The molecule has 2 aromatic carbocycles. The van der Waals surface area contributed by atoms with Crippen molar-refractivity contribution in [2.45, 2.75) is 38.3 Å². The second kappa shape index (κ2) is 9.24. The number of methoxy groups -OCH3 is 1. The quantitative estimate of drug-likeness (QED) is 0.527. The molecule has 1 N–H and O–H groups in total. The summed E-state index contributed by atoms with van der Waals surface area (Å²) in [6.07, 6.45) is 6.73. The highest BCUT2D eigenvalue weighted by Crippen LogP contribution is 2.43. The molecule has 2 bridgehead atoms. The highest BCUT2D eigenvalue weighted by atomic mass is 19.1. The number of aromatic nitrogens is 1. The molecule has 0 spiro atoms. The normalized spacial score (nSPS) is 25.6. The first-order chi connectivity index (χ1) is 16.1. The number of ether oxygens (including phenoxy) is 1. The van der Waals surface area contributed by atoms with Gasteiger partial charge in [0, 0.05) is 18.0 Å². The zero-order valence-electron chi connectivity index (χ0n) is 19.2. The molecule has 172 valence electrons.